The van der Waals surface area contributed by atoms with Crippen LogP contribution in [0.1, 0.15) is 37.7 Å². The van der Waals surface area contributed by atoms with Gasteiger partial charge in [0.15, 0.2) is 0 Å². The summed E-state index contributed by atoms with van der Waals surface area (Å²) < 4.78 is 0.793. The molecule has 0 saturated carbocycles. The van der Waals surface area contributed by atoms with Crippen LogP contribution in [0.5, 0.6) is 0 Å². The molecule has 1 atom stereocenters. The zero-order valence-corrected chi connectivity index (χ0v) is 10.3. The predicted molar refractivity (Wildman–Crippen MR) is 58.2 cm³/mol. The first-order valence-electron chi connectivity index (χ1n) is 4.25. The largest absolute Gasteiger partial charge is 0.237 e. The van der Waals surface area contributed by atoms with Crippen molar-refractivity contribution in [2.24, 2.45) is 0 Å². The second-order valence-corrected chi connectivity index (χ2v) is 4.23. The molecule has 1 heterocycles. The molecule has 0 N–H and O–H groups in total. The highest BCUT2D eigenvalue weighted by atomic mass is 79.9. The lowest BCUT2D eigenvalue weighted by Crippen LogP contribution is -2.02. The van der Waals surface area contributed by atoms with E-state index in [9.17, 15) is 0 Å². The Bertz CT molecular complexity index is 291. The van der Waals surface area contributed by atoms with E-state index in [4.69, 9.17) is 11.6 Å². The topological polar surface area (TPSA) is 25.8 Å². The van der Waals surface area contributed by atoms with Crippen molar-refractivity contribution in [1.82, 2.24) is 9.97 Å². The molecule has 1 aromatic rings. The van der Waals surface area contributed by atoms with Gasteiger partial charge in [-0.05, 0) is 29.3 Å². The molecule has 0 spiro atoms. The van der Waals surface area contributed by atoms with Crippen LogP contribution in [0.15, 0.2) is 4.47 Å². The highest BCUT2D eigenvalue weighted by Gasteiger charge is 2.11. The first-order valence-corrected chi connectivity index (χ1v) is 5.42. The van der Waals surface area contributed by atoms with E-state index in [1.54, 1.807) is 0 Å². The molecule has 0 aliphatic carbocycles. The average Bonchev–Trinajstić information content (AvgIpc) is 2.12. The Kier molecular flexibility index (Phi) is 3.68. The van der Waals surface area contributed by atoms with Crippen molar-refractivity contribution >= 4 is 27.5 Å². The van der Waals surface area contributed by atoms with Crippen LogP contribution in [0.2, 0.25) is 5.15 Å². The van der Waals surface area contributed by atoms with Crippen molar-refractivity contribution in [2.75, 3.05) is 0 Å². The molecule has 0 aromatic carbocycles. The molecule has 2 nitrogen and oxygen atoms in total. The first kappa shape index (κ1) is 10.9. The SMILES string of the molecule is CCC(C)c1nc(C)c(Br)c(Cl)n1. The highest BCUT2D eigenvalue weighted by molar-refractivity contribution is 9.10. The highest BCUT2D eigenvalue weighted by Crippen LogP contribution is 2.25. The maximum Gasteiger partial charge on any atom is 0.147 e. The van der Waals surface area contributed by atoms with Crippen molar-refractivity contribution in [1.29, 1.82) is 0 Å². The lowest BCUT2D eigenvalue weighted by molar-refractivity contribution is 0.673. The maximum atomic E-state index is 5.92. The Hall–Kier alpha value is -0.150. The van der Waals surface area contributed by atoms with E-state index >= 15 is 0 Å². The van der Waals surface area contributed by atoms with Gasteiger partial charge in [-0.2, -0.15) is 0 Å². The molecule has 0 aliphatic heterocycles. The fraction of sp³-hybridized carbons (Fsp3) is 0.556. The van der Waals surface area contributed by atoms with Crippen molar-refractivity contribution in [3.63, 3.8) is 0 Å². The third-order valence-electron chi connectivity index (χ3n) is 2.05. The molecule has 72 valence electrons. The summed E-state index contributed by atoms with van der Waals surface area (Å²) >= 11 is 9.25. The Morgan fingerprint density at radius 1 is 1.46 bits per heavy atom. The standard InChI is InChI=1S/C9H12BrClN2/c1-4-5(2)9-12-6(3)7(10)8(11)13-9/h5H,4H2,1-3H3. The average molecular weight is 264 g/mol. The van der Waals surface area contributed by atoms with Gasteiger partial charge in [0.05, 0.1) is 10.2 Å². The maximum absolute atomic E-state index is 5.92. The van der Waals surface area contributed by atoms with E-state index in [2.05, 4.69) is 39.7 Å². The summed E-state index contributed by atoms with van der Waals surface area (Å²) in [5.74, 6) is 1.19. The van der Waals surface area contributed by atoms with Gasteiger partial charge >= 0.3 is 0 Å². The molecule has 0 fully saturated rings. The van der Waals surface area contributed by atoms with Crippen molar-refractivity contribution in [3.05, 3.63) is 21.1 Å². The summed E-state index contributed by atoms with van der Waals surface area (Å²) in [4.78, 5) is 8.57. The molecule has 1 rings (SSSR count). The smallest absolute Gasteiger partial charge is 0.147 e. The molecule has 0 saturated heterocycles. The molecule has 1 unspecified atom stereocenters. The number of halogens is 2. The summed E-state index contributed by atoms with van der Waals surface area (Å²) in [6, 6.07) is 0. The second kappa shape index (κ2) is 4.38. The fourth-order valence-corrected chi connectivity index (χ4v) is 1.35. The van der Waals surface area contributed by atoms with Gasteiger partial charge in [-0.25, -0.2) is 9.97 Å². The van der Waals surface area contributed by atoms with E-state index < -0.39 is 0 Å². The van der Waals surface area contributed by atoms with Crippen LogP contribution in [-0.2, 0) is 0 Å². The van der Waals surface area contributed by atoms with Gasteiger partial charge in [0, 0.05) is 5.92 Å². The van der Waals surface area contributed by atoms with Gasteiger partial charge in [-0.1, -0.05) is 25.4 Å². The normalized spacial score (nSPS) is 13.0. The fourth-order valence-electron chi connectivity index (χ4n) is 0.948. The van der Waals surface area contributed by atoms with Crippen LogP contribution in [-0.4, -0.2) is 9.97 Å². The first-order chi connectivity index (χ1) is 6.06. The Balaban J connectivity index is 3.13. The van der Waals surface area contributed by atoms with Crippen LogP contribution in [0.25, 0.3) is 0 Å². The van der Waals surface area contributed by atoms with E-state index in [1.807, 2.05) is 6.92 Å². The third kappa shape index (κ3) is 2.41. The number of hydrogen-bond acceptors (Lipinski definition) is 2. The quantitative estimate of drug-likeness (QED) is 0.760. The lowest BCUT2D eigenvalue weighted by atomic mass is 10.1. The lowest BCUT2D eigenvalue weighted by Gasteiger charge is -2.09. The molecular weight excluding hydrogens is 251 g/mol. The van der Waals surface area contributed by atoms with E-state index in [1.165, 1.54) is 0 Å². The zero-order valence-electron chi connectivity index (χ0n) is 7.93. The minimum atomic E-state index is 0.365. The summed E-state index contributed by atoms with van der Waals surface area (Å²) in [5, 5.41) is 0.503. The molecular formula is C9H12BrClN2. The molecule has 0 amide bonds. The molecule has 0 radical (unpaired) electrons. The number of aromatic nitrogens is 2. The summed E-state index contributed by atoms with van der Waals surface area (Å²) in [6.45, 7) is 6.13. The molecule has 13 heavy (non-hydrogen) atoms. The minimum Gasteiger partial charge on any atom is -0.237 e. The van der Waals surface area contributed by atoms with Gasteiger partial charge in [0.1, 0.15) is 11.0 Å². The zero-order chi connectivity index (χ0) is 10.0. The van der Waals surface area contributed by atoms with Gasteiger partial charge in [-0.15, -0.1) is 0 Å². The van der Waals surface area contributed by atoms with E-state index in [0.29, 0.717) is 11.1 Å². The van der Waals surface area contributed by atoms with Gasteiger partial charge in [0.25, 0.3) is 0 Å². The third-order valence-corrected chi connectivity index (χ3v) is 3.50. The van der Waals surface area contributed by atoms with E-state index in [-0.39, 0.29) is 0 Å². The molecule has 0 bridgehead atoms. The second-order valence-electron chi connectivity index (χ2n) is 3.08. The number of aryl methyl sites for hydroxylation is 1. The Labute approximate surface area is 91.9 Å². The van der Waals surface area contributed by atoms with Crippen molar-refractivity contribution in [2.45, 2.75) is 33.1 Å². The Morgan fingerprint density at radius 2 is 2.08 bits per heavy atom. The minimum absolute atomic E-state index is 0.365. The predicted octanol–water partition coefficient (Wildman–Crippen LogP) is 3.71. The van der Waals surface area contributed by atoms with Crippen molar-refractivity contribution < 1.29 is 0 Å². The van der Waals surface area contributed by atoms with Gasteiger partial charge in [-0.3, -0.25) is 0 Å². The molecule has 1 aromatic heterocycles. The number of nitrogens with zero attached hydrogens (tertiary/aromatic N) is 2. The van der Waals surface area contributed by atoms with Crippen LogP contribution < -0.4 is 0 Å². The summed E-state index contributed by atoms with van der Waals surface area (Å²) in [7, 11) is 0. The van der Waals surface area contributed by atoms with Crippen LogP contribution in [0.4, 0.5) is 0 Å². The van der Waals surface area contributed by atoms with Crippen LogP contribution >= 0.6 is 27.5 Å². The molecule has 4 heteroatoms. The van der Waals surface area contributed by atoms with Crippen molar-refractivity contribution in [3.8, 4) is 0 Å². The van der Waals surface area contributed by atoms with Crippen LogP contribution in [0, 0.1) is 6.92 Å². The Morgan fingerprint density at radius 3 is 2.54 bits per heavy atom. The number of hydrogen-bond donors (Lipinski definition) is 0. The van der Waals surface area contributed by atoms with Gasteiger partial charge < -0.3 is 0 Å². The summed E-state index contributed by atoms with van der Waals surface area (Å²) in [5.41, 5.74) is 0.898. The molecule has 0 aliphatic rings. The number of rotatable bonds is 2. The summed E-state index contributed by atoms with van der Waals surface area (Å²) in [6.07, 6.45) is 1.03. The van der Waals surface area contributed by atoms with E-state index in [0.717, 1.165) is 22.4 Å². The van der Waals surface area contributed by atoms with Gasteiger partial charge in [0.2, 0.25) is 0 Å². The monoisotopic (exact) mass is 262 g/mol. The van der Waals surface area contributed by atoms with Crippen LogP contribution in [0.3, 0.4) is 0 Å².